The molecule has 1 aliphatic heterocycles. The van der Waals surface area contributed by atoms with E-state index in [1.165, 1.54) is 11.3 Å². The van der Waals surface area contributed by atoms with E-state index in [0.717, 1.165) is 16.2 Å². The van der Waals surface area contributed by atoms with E-state index in [9.17, 15) is 13.2 Å². The molecule has 166 valence electrons. The lowest BCUT2D eigenvalue weighted by Gasteiger charge is -2.19. The highest BCUT2D eigenvalue weighted by molar-refractivity contribution is 7.92. The lowest BCUT2D eigenvalue weighted by molar-refractivity contribution is 0.0719. The number of nitrogens with zero attached hydrogens (tertiary/aromatic N) is 2. The van der Waals surface area contributed by atoms with Crippen LogP contribution >= 0.6 is 22.7 Å². The van der Waals surface area contributed by atoms with Gasteiger partial charge in [0.25, 0.3) is 15.9 Å². The summed E-state index contributed by atoms with van der Waals surface area (Å²) in [5, 5.41) is 10.1. The molecule has 2 aromatic carbocycles. The number of thiophene rings is 2. The van der Waals surface area contributed by atoms with Crippen LogP contribution in [0.4, 0.5) is 5.69 Å². The van der Waals surface area contributed by atoms with Gasteiger partial charge < -0.3 is 0 Å². The average molecular weight is 494 g/mol. The first-order valence-electron chi connectivity index (χ1n) is 10.2. The first kappa shape index (κ1) is 21.6. The fraction of sp³-hybridized carbons (Fsp3) is 0.0833. The van der Waals surface area contributed by atoms with Gasteiger partial charge in [0.2, 0.25) is 0 Å². The molecule has 6 nitrogen and oxygen atoms in total. The number of amides is 1. The molecule has 0 saturated heterocycles. The maximum absolute atomic E-state index is 13.1. The van der Waals surface area contributed by atoms with Gasteiger partial charge in [-0.3, -0.25) is 9.52 Å². The Balaban J connectivity index is 1.45. The number of carbonyl (C=O) groups excluding carboxylic acids is 1. The maximum Gasteiger partial charge on any atom is 0.284 e. The number of sulfonamides is 1. The van der Waals surface area contributed by atoms with Crippen LogP contribution in [0.15, 0.2) is 99.6 Å². The molecule has 1 atom stereocenters. The largest absolute Gasteiger partial charge is 0.284 e. The Morgan fingerprint density at radius 3 is 2.45 bits per heavy atom. The Morgan fingerprint density at radius 2 is 1.73 bits per heavy atom. The van der Waals surface area contributed by atoms with Crippen molar-refractivity contribution in [1.82, 2.24) is 5.01 Å². The van der Waals surface area contributed by atoms with E-state index in [-0.39, 0.29) is 16.8 Å². The summed E-state index contributed by atoms with van der Waals surface area (Å²) in [6.45, 7) is 0. The predicted molar refractivity (Wildman–Crippen MR) is 132 cm³/mol. The van der Waals surface area contributed by atoms with Crippen LogP contribution in [-0.2, 0) is 10.0 Å². The van der Waals surface area contributed by atoms with Gasteiger partial charge in [-0.25, -0.2) is 13.4 Å². The smallest absolute Gasteiger partial charge is 0.280 e. The molecule has 3 heterocycles. The van der Waals surface area contributed by atoms with Gasteiger partial charge in [0.15, 0.2) is 0 Å². The van der Waals surface area contributed by atoms with Gasteiger partial charge >= 0.3 is 0 Å². The molecule has 0 saturated carbocycles. The van der Waals surface area contributed by atoms with Gasteiger partial charge in [-0.2, -0.15) is 5.10 Å². The second kappa shape index (κ2) is 8.93. The summed E-state index contributed by atoms with van der Waals surface area (Å²) in [5.74, 6) is -0.140. The molecule has 9 heteroatoms. The Bertz CT molecular complexity index is 1400. The quantitative estimate of drug-likeness (QED) is 0.380. The molecule has 0 radical (unpaired) electrons. The molecule has 33 heavy (non-hydrogen) atoms. The van der Waals surface area contributed by atoms with Gasteiger partial charge in [-0.1, -0.05) is 42.5 Å². The van der Waals surface area contributed by atoms with Crippen LogP contribution in [0.3, 0.4) is 0 Å². The highest BCUT2D eigenvalue weighted by atomic mass is 32.2. The van der Waals surface area contributed by atoms with Crippen molar-refractivity contribution < 1.29 is 13.2 Å². The van der Waals surface area contributed by atoms with Crippen LogP contribution in [0.25, 0.3) is 0 Å². The number of nitrogens with one attached hydrogen (secondary N) is 1. The van der Waals surface area contributed by atoms with E-state index in [1.807, 2.05) is 35.0 Å². The number of hydrogen-bond donors (Lipinski definition) is 1. The third-order valence-electron chi connectivity index (χ3n) is 5.22. The molecular weight excluding hydrogens is 474 g/mol. The number of hydrazone groups is 1. The molecule has 0 bridgehead atoms. The molecule has 1 N–H and O–H groups in total. The van der Waals surface area contributed by atoms with E-state index in [4.69, 9.17) is 0 Å². The number of benzene rings is 2. The number of hydrogen-bond acceptors (Lipinski definition) is 6. The zero-order valence-electron chi connectivity index (χ0n) is 17.3. The Morgan fingerprint density at radius 1 is 0.939 bits per heavy atom. The normalized spacial score (nSPS) is 15.9. The third-order valence-corrected chi connectivity index (χ3v) is 8.45. The molecule has 2 aromatic heterocycles. The van der Waals surface area contributed by atoms with Crippen molar-refractivity contribution in [2.75, 3.05) is 4.72 Å². The molecule has 0 aliphatic carbocycles. The van der Waals surface area contributed by atoms with Crippen molar-refractivity contribution in [3.05, 3.63) is 105 Å². The highest BCUT2D eigenvalue weighted by Gasteiger charge is 2.34. The lowest BCUT2D eigenvalue weighted by Crippen LogP contribution is -2.25. The van der Waals surface area contributed by atoms with Gasteiger partial charge in [-0.15, -0.1) is 22.7 Å². The lowest BCUT2D eigenvalue weighted by atomic mass is 10.0. The van der Waals surface area contributed by atoms with Crippen molar-refractivity contribution in [2.45, 2.75) is 17.4 Å². The van der Waals surface area contributed by atoms with Crippen molar-refractivity contribution >= 4 is 50.0 Å². The second-order valence-corrected chi connectivity index (χ2v) is 11.0. The monoisotopic (exact) mass is 493 g/mol. The van der Waals surface area contributed by atoms with Gasteiger partial charge in [0, 0.05) is 17.0 Å². The topological polar surface area (TPSA) is 78.8 Å². The molecule has 5 rings (SSSR count). The fourth-order valence-corrected chi connectivity index (χ4v) is 6.20. The van der Waals surface area contributed by atoms with E-state index in [1.54, 1.807) is 70.9 Å². The van der Waals surface area contributed by atoms with Crippen molar-refractivity contribution in [2.24, 2.45) is 5.10 Å². The number of anilines is 1. The zero-order valence-corrected chi connectivity index (χ0v) is 19.7. The van der Waals surface area contributed by atoms with Crippen LogP contribution in [0, 0.1) is 0 Å². The van der Waals surface area contributed by atoms with Gasteiger partial charge in [-0.05, 0) is 52.7 Å². The third kappa shape index (κ3) is 4.47. The van der Waals surface area contributed by atoms with Crippen molar-refractivity contribution in [1.29, 1.82) is 0 Å². The van der Waals surface area contributed by atoms with Crippen LogP contribution in [-0.4, -0.2) is 25.0 Å². The van der Waals surface area contributed by atoms with E-state index in [2.05, 4.69) is 9.82 Å². The molecular formula is C24H19N3O3S3. The predicted octanol–water partition coefficient (Wildman–Crippen LogP) is 5.60. The van der Waals surface area contributed by atoms with Gasteiger partial charge in [0.05, 0.1) is 21.5 Å². The Labute approximate surface area is 199 Å². The summed E-state index contributed by atoms with van der Waals surface area (Å²) < 4.78 is 28.1. The Hall–Kier alpha value is -3.27. The number of rotatable bonds is 6. The Kier molecular flexibility index (Phi) is 5.84. The summed E-state index contributed by atoms with van der Waals surface area (Å²) in [4.78, 5) is 15.0. The summed E-state index contributed by atoms with van der Waals surface area (Å²) in [6, 6.07) is 22.8. The molecule has 0 fully saturated rings. The second-order valence-electron chi connectivity index (χ2n) is 7.41. The van der Waals surface area contributed by atoms with E-state index < -0.39 is 10.0 Å². The first-order chi connectivity index (χ1) is 16.0. The molecule has 0 spiro atoms. The minimum atomic E-state index is -3.71. The van der Waals surface area contributed by atoms with E-state index >= 15 is 0 Å². The summed E-state index contributed by atoms with van der Waals surface area (Å²) >= 11 is 2.98. The van der Waals surface area contributed by atoms with Crippen LogP contribution < -0.4 is 4.72 Å². The molecule has 0 unspecified atom stereocenters. The molecule has 1 aliphatic rings. The standard InChI is InChI=1S/C24H19N3O3S3/c28-24(23-12-6-14-32-23)27-21(22-11-5-13-31-22)16-20(25-27)17-7-4-8-18(15-17)26-33(29,30)19-9-2-1-3-10-19/h1-15,21,26H,16H2/t21-/m1/s1. The minimum Gasteiger partial charge on any atom is -0.280 e. The SMILES string of the molecule is O=C(c1cccs1)N1N=C(c2cccc(NS(=O)(=O)c3ccccc3)c2)C[C@@H]1c1cccs1. The zero-order chi connectivity index (χ0) is 22.8. The fourth-order valence-electron chi connectivity index (χ4n) is 3.66. The molecule has 1 amide bonds. The summed E-state index contributed by atoms with van der Waals surface area (Å²) in [6.07, 6.45) is 0.548. The van der Waals surface area contributed by atoms with Crippen LogP contribution in [0.2, 0.25) is 0 Å². The minimum absolute atomic E-state index is 0.140. The van der Waals surface area contributed by atoms with Crippen LogP contribution in [0.1, 0.15) is 32.6 Å². The maximum atomic E-state index is 13.1. The van der Waals surface area contributed by atoms with Crippen molar-refractivity contribution in [3.63, 3.8) is 0 Å². The summed E-state index contributed by atoms with van der Waals surface area (Å²) in [7, 11) is -3.71. The average Bonchev–Trinajstić information content (AvgIpc) is 3.61. The molecule has 4 aromatic rings. The van der Waals surface area contributed by atoms with Crippen LogP contribution in [0.5, 0.6) is 0 Å². The van der Waals surface area contributed by atoms with E-state index in [0.29, 0.717) is 17.0 Å². The van der Waals surface area contributed by atoms with Crippen molar-refractivity contribution in [3.8, 4) is 0 Å². The first-order valence-corrected chi connectivity index (χ1v) is 13.4. The highest BCUT2D eigenvalue weighted by Crippen LogP contribution is 2.37. The number of carbonyl (C=O) groups is 1. The van der Waals surface area contributed by atoms with Gasteiger partial charge in [0.1, 0.15) is 0 Å². The summed E-state index contributed by atoms with van der Waals surface area (Å²) in [5.41, 5.74) is 1.94.